The van der Waals surface area contributed by atoms with Crippen LogP contribution in [0.25, 0.3) is 0 Å². The Labute approximate surface area is 153 Å². The van der Waals surface area contributed by atoms with E-state index in [-0.39, 0.29) is 17.1 Å². The third-order valence-electron chi connectivity index (χ3n) is 5.69. The van der Waals surface area contributed by atoms with Crippen molar-refractivity contribution in [1.82, 2.24) is 14.8 Å². The Kier molecular flexibility index (Phi) is 4.72. The van der Waals surface area contributed by atoms with Crippen LogP contribution >= 0.6 is 0 Å². The fourth-order valence-electron chi connectivity index (χ4n) is 4.40. The molecule has 5 heteroatoms. The van der Waals surface area contributed by atoms with Gasteiger partial charge in [0.2, 0.25) is 0 Å². The average molecular weight is 353 g/mol. The Morgan fingerprint density at radius 2 is 1.96 bits per heavy atom. The first-order valence-corrected chi connectivity index (χ1v) is 9.30. The van der Waals surface area contributed by atoms with Crippen molar-refractivity contribution in [3.05, 3.63) is 65.7 Å². The summed E-state index contributed by atoms with van der Waals surface area (Å²) in [5, 5.41) is 0. The largest absolute Gasteiger partial charge is 0.338 e. The van der Waals surface area contributed by atoms with E-state index in [9.17, 15) is 9.18 Å². The van der Waals surface area contributed by atoms with Crippen LogP contribution in [-0.2, 0) is 6.54 Å². The van der Waals surface area contributed by atoms with E-state index in [0.29, 0.717) is 5.56 Å². The van der Waals surface area contributed by atoms with Crippen molar-refractivity contribution < 1.29 is 9.18 Å². The molecule has 2 aromatic rings. The van der Waals surface area contributed by atoms with Crippen LogP contribution < -0.4 is 0 Å². The predicted octanol–water partition coefficient (Wildman–Crippen LogP) is 3.35. The third-order valence-corrected chi connectivity index (χ3v) is 5.69. The number of carbonyl (C=O) groups excluding carboxylic acids is 1. The second kappa shape index (κ2) is 7.16. The van der Waals surface area contributed by atoms with Crippen molar-refractivity contribution in [3.8, 4) is 0 Å². The molecule has 1 amide bonds. The second-order valence-corrected chi connectivity index (χ2v) is 7.66. The van der Waals surface area contributed by atoms with Crippen molar-refractivity contribution in [3.63, 3.8) is 0 Å². The maximum Gasteiger partial charge on any atom is 0.255 e. The molecule has 0 radical (unpaired) electrons. The van der Waals surface area contributed by atoms with Crippen LogP contribution in [-0.4, -0.2) is 46.9 Å². The normalized spacial score (nSPS) is 23.5. The van der Waals surface area contributed by atoms with Crippen molar-refractivity contribution >= 4 is 5.91 Å². The summed E-state index contributed by atoms with van der Waals surface area (Å²) in [4.78, 5) is 21.3. The molecule has 2 saturated heterocycles. The molecule has 1 aromatic carbocycles. The Hall–Kier alpha value is -2.27. The SMILES string of the molecule is O=C(c1cccnc1)N1CCC[C@@]2(CCN(Cc3ccc(F)cc3)C2)C1. The molecule has 136 valence electrons. The molecule has 0 bridgehead atoms. The number of likely N-dealkylation sites (tertiary alicyclic amines) is 2. The van der Waals surface area contributed by atoms with Crippen LogP contribution in [0.2, 0.25) is 0 Å². The van der Waals surface area contributed by atoms with E-state index in [4.69, 9.17) is 0 Å². The number of halogens is 1. The van der Waals surface area contributed by atoms with Gasteiger partial charge in [0.1, 0.15) is 5.82 Å². The van der Waals surface area contributed by atoms with Gasteiger partial charge in [-0.05, 0) is 55.6 Å². The van der Waals surface area contributed by atoms with Crippen molar-refractivity contribution in [1.29, 1.82) is 0 Å². The number of hydrogen-bond donors (Lipinski definition) is 0. The number of hydrogen-bond acceptors (Lipinski definition) is 3. The quantitative estimate of drug-likeness (QED) is 0.849. The lowest BCUT2D eigenvalue weighted by Gasteiger charge is -2.40. The average Bonchev–Trinajstić information content (AvgIpc) is 3.05. The fraction of sp³-hybridized carbons (Fsp3) is 0.429. The Bertz CT molecular complexity index is 765. The molecule has 2 aliphatic rings. The monoisotopic (exact) mass is 353 g/mol. The van der Waals surface area contributed by atoms with Gasteiger partial charge in [-0.25, -0.2) is 4.39 Å². The van der Waals surface area contributed by atoms with Gasteiger partial charge in [0.05, 0.1) is 5.56 Å². The van der Waals surface area contributed by atoms with Gasteiger partial charge >= 0.3 is 0 Å². The first-order chi connectivity index (χ1) is 12.6. The van der Waals surface area contributed by atoms with E-state index < -0.39 is 0 Å². The van der Waals surface area contributed by atoms with Gasteiger partial charge in [0.25, 0.3) is 5.91 Å². The van der Waals surface area contributed by atoms with Crippen LogP contribution in [0.5, 0.6) is 0 Å². The number of piperidine rings is 1. The minimum atomic E-state index is -0.191. The van der Waals surface area contributed by atoms with Gasteiger partial charge in [0.15, 0.2) is 0 Å². The van der Waals surface area contributed by atoms with E-state index in [0.717, 1.165) is 51.1 Å². The predicted molar refractivity (Wildman–Crippen MR) is 98.1 cm³/mol. The smallest absolute Gasteiger partial charge is 0.255 e. The van der Waals surface area contributed by atoms with Crippen LogP contribution in [0.15, 0.2) is 48.8 Å². The van der Waals surface area contributed by atoms with E-state index in [1.165, 1.54) is 18.6 Å². The molecule has 3 heterocycles. The number of benzene rings is 1. The minimum Gasteiger partial charge on any atom is -0.338 e. The Balaban J connectivity index is 1.41. The zero-order valence-electron chi connectivity index (χ0n) is 14.9. The number of aromatic nitrogens is 1. The molecule has 0 unspecified atom stereocenters. The highest BCUT2D eigenvalue weighted by molar-refractivity contribution is 5.94. The summed E-state index contributed by atoms with van der Waals surface area (Å²) in [6.07, 6.45) is 6.68. The summed E-state index contributed by atoms with van der Waals surface area (Å²) in [5.74, 6) is -0.0994. The molecule has 2 aliphatic heterocycles. The molecular formula is C21H24FN3O. The summed E-state index contributed by atoms with van der Waals surface area (Å²) in [7, 11) is 0. The number of amides is 1. The van der Waals surface area contributed by atoms with Crippen LogP contribution in [0.1, 0.15) is 35.2 Å². The highest BCUT2D eigenvalue weighted by Crippen LogP contribution is 2.39. The molecule has 1 atom stereocenters. The van der Waals surface area contributed by atoms with Gasteiger partial charge in [-0.2, -0.15) is 0 Å². The zero-order chi connectivity index (χ0) is 18.0. The number of rotatable bonds is 3. The first kappa shape index (κ1) is 17.2. The molecule has 0 N–H and O–H groups in total. The van der Waals surface area contributed by atoms with Gasteiger partial charge in [0, 0.05) is 44.0 Å². The maximum atomic E-state index is 13.1. The second-order valence-electron chi connectivity index (χ2n) is 7.66. The number of nitrogens with zero attached hydrogens (tertiary/aromatic N) is 3. The van der Waals surface area contributed by atoms with Crippen LogP contribution in [0, 0.1) is 11.2 Å². The molecule has 4 nitrogen and oxygen atoms in total. The number of carbonyl (C=O) groups is 1. The van der Waals surface area contributed by atoms with Gasteiger partial charge in [-0.3, -0.25) is 14.7 Å². The van der Waals surface area contributed by atoms with E-state index in [2.05, 4.69) is 9.88 Å². The van der Waals surface area contributed by atoms with Crippen molar-refractivity contribution in [2.45, 2.75) is 25.8 Å². The summed E-state index contributed by atoms with van der Waals surface area (Å²) in [5.41, 5.74) is 2.00. The summed E-state index contributed by atoms with van der Waals surface area (Å²) in [6, 6.07) is 10.4. The summed E-state index contributed by atoms with van der Waals surface area (Å²) >= 11 is 0. The van der Waals surface area contributed by atoms with Gasteiger partial charge < -0.3 is 4.90 Å². The fourth-order valence-corrected chi connectivity index (χ4v) is 4.40. The lowest BCUT2D eigenvalue weighted by atomic mass is 9.79. The van der Waals surface area contributed by atoms with E-state index >= 15 is 0 Å². The van der Waals surface area contributed by atoms with E-state index in [1.807, 2.05) is 29.2 Å². The van der Waals surface area contributed by atoms with E-state index in [1.54, 1.807) is 12.4 Å². The minimum absolute atomic E-state index is 0.0918. The molecule has 1 aromatic heterocycles. The highest BCUT2D eigenvalue weighted by atomic mass is 19.1. The maximum absolute atomic E-state index is 13.1. The summed E-state index contributed by atoms with van der Waals surface area (Å²) < 4.78 is 13.1. The molecule has 0 aliphatic carbocycles. The zero-order valence-corrected chi connectivity index (χ0v) is 14.9. The first-order valence-electron chi connectivity index (χ1n) is 9.30. The molecular weight excluding hydrogens is 329 g/mol. The Morgan fingerprint density at radius 3 is 2.73 bits per heavy atom. The lowest BCUT2D eigenvalue weighted by molar-refractivity contribution is 0.0526. The topological polar surface area (TPSA) is 36.4 Å². The lowest BCUT2D eigenvalue weighted by Crippen LogP contribution is -2.47. The van der Waals surface area contributed by atoms with Crippen molar-refractivity contribution in [2.24, 2.45) is 5.41 Å². The molecule has 26 heavy (non-hydrogen) atoms. The molecule has 0 saturated carbocycles. The Morgan fingerprint density at radius 1 is 1.12 bits per heavy atom. The molecule has 4 rings (SSSR count). The third kappa shape index (κ3) is 3.63. The van der Waals surface area contributed by atoms with Gasteiger partial charge in [-0.1, -0.05) is 12.1 Å². The molecule has 1 spiro atoms. The van der Waals surface area contributed by atoms with Crippen LogP contribution in [0.3, 0.4) is 0 Å². The highest BCUT2D eigenvalue weighted by Gasteiger charge is 2.42. The molecule has 2 fully saturated rings. The van der Waals surface area contributed by atoms with Gasteiger partial charge in [-0.15, -0.1) is 0 Å². The summed E-state index contributed by atoms with van der Waals surface area (Å²) in [6.45, 7) is 4.53. The van der Waals surface area contributed by atoms with Crippen molar-refractivity contribution in [2.75, 3.05) is 26.2 Å². The number of pyridine rings is 1. The standard InChI is InChI=1S/C21H24FN3O/c22-19-6-4-17(5-7-19)14-24-12-9-21(15-24)8-2-11-25(16-21)20(26)18-3-1-10-23-13-18/h1,3-7,10,13H,2,8-9,11-12,14-16H2/t21-/m0/s1. The van der Waals surface area contributed by atoms with Crippen LogP contribution in [0.4, 0.5) is 4.39 Å².